The summed E-state index contributed by atoms with van der Waals surface area (Å²) in [6.07, 6.45) is -4.17. The first-order chi connectivity index (χ1) is 19.2. The zero-order chi connectivity index (χ0) is 30.4. The number of aromatic amines is 1. The van der Waals surface area contributed by atoms with Crippen LogP contribution in [0.4, 0.5) is 32.3 Å². The number of hydrogen-bond acceptors (Lipinski definition) is 7. The molecule has 1 N–H and O–H groups in total. The molecule has 228 valence electrons. The molecule has 1 atom stereocenters. The lowest BCUT2D eigenvalue weighted by molar-refractivity contribution is -0.139. The Kier molecular flexibility index (Phi) is 10.7. The molecule has 1 unspecified atom stereocenters. The van der Waals surface area contributed by atoms with Crippen molar-refractivity contribution in [3.8, 4) is 0 Å². The van der Waals surface area contributed by atoms with Crippen molar-refractivity contribution < 1.29 is 31.1 Å². The Balaban J connectivity index is 1.65. The van der Waals surface area contributed by atoms with Crippen LogP contribution in [0.1, 0.15) is 61.9 Å². The molecule has 9 nitrogen and oxygen atoms in total. The van der Waals surface area contributed by atoms with Crippen LogP contribution in [0.2, 0.25) is 0 Å². The molecule has 2 aromatic heterocycles. The second-order valence-electron chi connectivity index (χ2n) is 10.3. The second kappa shape index (κ2) is 13.6. The number of piperazine rings is 1. The Morgan fingerprint density at radius 2 is 1.66 bits per heavy atom. The predicted octanol–water partition coefficient (Wildman–Crippen LogP) is 4.27. The maximum Gasteiger partial charge on any atom is 0.422 e. The summed E-state index contributed by atoms with van der Waals surface area (Å²) in [5.74, 6) is -0.475. The van der Waals surface area contributed by atoms with Crippen molar-refractivity contribution in [3.05, 3.63) is 45.1 Å². The van der Waals surface area contributed by atoms with Gasteiger partial charge in [0.15, 0.2) is 0 Å². The van der Waals surface area contributed by atoms with Crippen molar-refractivity contribution in [3.63, 3.8) is 0 Å². The van der Waals surface area contributed by atoms with E-state index in [9.17, 15) is 35.9 Å². The first kappa shape index (κ1) is 32.3. The molecule has 0 aliphatic carbocycles. The number of nitrogens with zero attached hydrogens (tertiary/aromatic N) is 6. The lowest BCUT2D eigenvalue weighted by Gasteiger charge is -2.36. The molecule has 0 saturated carbocycles. The molecule has 1 fully saturated rings. The van der Waals surface area contributed by atoms with E-state index >= 15 is 0 Å². The van der Waals surface area contributed by atoms with E-state index in [1.807, 2.05) is 10.00 Å². The molecule has 0 aromatic carbocycles. The fourth-order valence-corrected chi connectivity index (χ4v) is 4.81. The van der Waals surface area contributed by atoms with Crippen molar-refractivity contribution in [2.45, 2.75) is 65.4 Å². The highest BCUT2D eigenvalue weighted by Crippen LogP contribution is 2.30. The maximum absolute atomic E-state index is 13.5. The number of carbonyl (C=O) groups excluding carboxylic acids is 1. The van der Waals surface area contributed by atoms with Gasteiger partial charge in [-0.05, 0) is 25.5 Å². The van der Waals surface area contributed by atoms with Gasteiger partial charge in [0.25, 0.3) is 5.56 Å². The van der Waals surface area contributed by atoms with E-state index in [1.54, 1.807) is 16.7 Å². The topological polar surface area (TPSA) is 98.3 Å². The number of nitrogens with one attached hydrogen (secondary N) is 1. The van der Waals surface area contributed by atoms with Crippen LogP contribution in [0.5, 0.6) is 0 Å². The Labute approximate surface area is 233 Å². The van der Waals surface area contributed by atoms with E-state index in [1.165, 1.54) is 6.92 Å². The van der Waals surface area contributed by atoms with Gasteiger partial charge in [-0.2, -0.15) is 31.4 Å². The fourth-order valence-electron chi connectivity index (χ4n) is 4.81. The van der Waals surface area contributed by atoms with Gasteiger partial charge < -0.3 is 9.80 Å². The molecule has 1 aliphatic rings. The summed E-state index contributed by atoms with van der Waals surface area (Å²) in [7, 11) is 0. The van der Waals surface area contributed by atoms with Gasteiger partial charge in [0.05, 0.1) is 11.3 Å². The van der Waals surface area contributed by atoms with Gasteiger partial charge in [0.2, 0.25) is 11.9 Å². The largest absolute Gasteiger partial charge is 0.422 e. The highest BCUT2D eigenvalue weighted by molar-refractivity contribution is 5.79. The minimum atomic E-state index is -4.82. The van der Waals surface area contributed by atoms with Crippen LogP contribution < -0.4 is 10.5 Å². The average Bonchev–Trinajstić information content (AvgIpc) is 2.91. The molecule has 3 heterocycles. The molecule has 3 rings (SSSR count). The zero-order valence-electron chi connectivity index (χ0n) is 23.3. The molecule has 0 radical (unpaired) electrons. The second-order valence-corrected chi connectivity index (χ2v) is 10.3. The van der Waals surface area contributed by atoms with Crippen LogP contribution in [-0.4, -0.2) is 75.1 Å². The third kappa shape index (κ3) is 8.63. The molecular formula is C26H35F6N7O2. The molecule has 1 amide bonds. The van der Waals surface area contributed by atoms with E-state index in [0.717, 1.165) is 38.1 Å². The van der Waals surface area contributed by atoms with Gasteiger partial charge in [-0.15, -0.1) is 0 Å². The van der Waals surface area contributed by atoms with Crippen LogP contribution in [-0.2, 0) is 23.7 Å². The normalized spacial score (nSPS) is 15.5. The van der Waals surface area contributed by atoms with Crippen LogP contribution in [0.15, 0.2) is 17.2 Å². The standard InChI is InChI=1S/C26H35F6N7O2/c1-4-5-6-7-8-37(16-20-18(3)21(26(30,31)32)22(40)36-35-20)15-17(2)23(41)38-9-11-39(12-10-38)24-33-13-19(14-34-24)25(27,28)29/h13-14,17H,4-12,15-16H2,1-3H3,(H,36,40). The number of H-pyrrole nitrogens is 1. The molecule has 1 saturated heterocycles. The number of unbranched alkanes of at least 4 members (excludes halogenated alkanes) is 3. The maximum atomic E-state index is 13.5. The Morgan fingerprint density at radius 3 is 2.22 bits per heavy atom. The number of carbonyl (C=O) groups is 1. The third-order valence-corrected chi connectivity index (χ3v) is 7.11. The van der Waals surface area contributed by atoms with Gasteiger partial charge in [0.1, 0.15) is 5.56 Å². The zero-order valence-corrected chi connectivity index (χ0v) is 23.3. The first-order valence-electron chi connectivity index (χ1n) is 13.5. The molecule has 41 heavy (non-hydrogen) atoms. The third-order valence-electron chi connectivity index (χ3n) is 7.11. The molecule has 0 bridgehead atoms. The lowest BCUT2D eigenvalue weighted by atomic mass is 10.1. The van der Waals surface area contributed by atoms with Crippen LogP contribution >= 0.6 is 0 Å². The first-order valence-corrected chi connectivity index (χ1v) is 13.5. The Morgan fingerprint density at radius 1 is 1.02 bits per heavy atom. The Hall–Kier alpha value is -3.23. The number of anilines is 1. The lowest BCUT2D eigenvalue weighted by Crippen LogP contribution is -2.51. The van der Waals surface area contributed by atoms with E-state index in [2.05, 4.69) is 22.0 Å². The number of amides is 1. The summed E-state index contributed by atoms with van der Waals surface area (Å²) in [6, 6.07) is 0. The van der Waals surface area contributed by atoms with Gasteiger partial charge in [-0.25, -0.2) is 15.1 Å². The van der Waals surface area contributed by atoms with Crippen molar-refractivity contribution in [1.82, 2.24) is 30.0 Å². The van der Waals surface area contributed by atoms with E-state index in [0.29, 0.717) is 32.7 Å². The monoisotopic (exact) mass is 591 g/mol. The number of aromatic nitrogens is 4. The quantitative estimate of drug-likeness (QED) is 0.308. The number of alkyl halides is 6. The van der Waals surface area contributed by atoms with Crippen molar-refractivity contribution in [1.29, 1.82) is 0 Å². The molecular weight excluding hydrogens is 556 g/mol. The van der Waals surface area contributed by atoms with E-state index in [4.69, 9.17) is 0 Å². The van der Waals surface area contributed by atoms with Gasteiger partial charge >= 0.3 is 12.4 Å². The SMILES string of the molecule is CCCCCCN(Cc1n[nH]c(=O)c(C(F)(F)F)c1C)CC(C)C(=O)N1CCN(c2ncc(C(F)(F)F)cn2)CC1. The summed E-state index contributed by atoms with van der Waals surface area (Å²) in [4.78, 5) is 38.0. The van der Waals surface area contributed by atoms with Crippen molar-refractivity contribution in [2.24, 2.45) is 5.92 Å². The average molecular weight is 592 g/mol. The Bertz CT molecular complexity index is 1210. The van der Waals surface area contributed by atoms with E-state index < -0.39 is 35.0 Å². The van der Waals surface area contributed by atoms with Crippen LogP contribution in [0, 0.1) is 12.8 Å². The minimum absolute atomic E-state index is 0.0362. The van der Waals surface area contributed by atoms with Gasteiger partial charge in [-0.3, -0.25) is 14.5 Å². The predicted molar refractivity (Wildman–Crippen MR) is 139 cm³/mol. The molecule has 2 aromatic rings. The van der Waals surface area contributed by atoms with Gasteiger partial charge in [0, 0.05) is 57.6 Å². The fraction of sp³-hybridized carbons (Fsp3) is 0.654. The summed E-state index contributed by atoms with van der Waals surface area (Å²) in [6.45, 7) is 7.20. The molecule has 0 spiro atoms. The van der Waals surface area contributed by atoms with Crippen molar-refractivity contribution >= 4 is 11.9 Å². The number of halogens is 6. The summed E-state index contributed by atoms with van der Waals surface area (Å²) >= 11 is 0. The minimum Gasteiger partial charge on any atom is -0.339 e. The summed E-state index contributed by atoms with van der Waals surface area (Å²) < 4.78 is 78.8. The summed E-state index contributed by atoms with van der Waals surface area (Å²) in [5, 5.41) is 5.84. The highest BCUT2D eigenvalue weighted by Gasteiger charge is 2.37. The highest BCUT2D eigenvalue weighted by atomic mass is 19.4. The van der Waals surface area contributed by atoms with E-state index in [-0.39, 0.29) is 36.2 Å². The van der Waals surface area contributed by atoms with Crippen molar-refractivity contribution in [2.75, 3.05) is 44.2 Å². The van der Waals surface area contributed by atoms with Gasteiger partial charge in [-0.1, -0.05) is 33.1 Å². The smallest absolute Gasteiger partial charge is 0.339 e. The molecule has 15 heteroatoms. The summed E-state index contributed by atoms with van der Waals surface area (Å²) in [5.41, 5.74) is -3.65. The van der Waals surface area contributed by atoms with Crippen LogP contribution in [0.25, 0.3) is 0 Å². The molecule has 1 aliphatic heterocycles. The van der Waals surface area contributed by atoms with Crippen LogP contribution in [0.3, 0.4) is 0 Å². The number of hydrogen-bond donors (Lipinski definition) is 1. The number of rotatable bonds is 11.